The number of rotatable bonds is 3. The molecule has 5 heteroatoms. The van der Waals surface area contributed by atoms with Crippen molar-refractivity contribution in [1.82, 2.24) is 15.2 Å². The zero-order valence-corrected chi connectivity index (χ0v) is 10.1. The Hall–Kier alpha value is -1.23. The van der Waals surface area contributed by atoms with Crippen molar-refractivity contribution in [2.45, 2.75) is 39.2 Å². The van der Waals surface area contributed by atoms with Crippen LogP contribution in [0.5, 0.6) is 0 Å². The van der Waals surface area contributed by atoms with Gasteiger partial charge in [-0.3, -0.25) is 0 Å². The van der Waals surface area contributed by atoms with E-state index >= 15 is 0 Å². The fraction of sp³-hybridized carbons (Fsp3) is 0.727. The van der Waals surface area contributed by atoms with E-state index in [9.17, 15) is 0 Å². The van der Waals surface area contributed by atoms with Crippen LogP contribution in [0.3, 0.4) is 0 Å². The van der Waals surface area contributed by atoms with Crippen LogP contribution in [0.2, 0.25) is 0 Å². The average molecular weight is 222 g/mol. The van der Waals surface area contributed by atoms with Gasteiger partial charge in [-0.1, -0.05) is 0 Å². The van der Waals surface area contributed by atoms with Crippen molar-refractivity contribution < 1.29 is 4.74 Å². The second-order valence-corrected chi connectivity index (χ2v) is 4.56. The van der Waals surface area contributed by atoms with Crippen molar-refractivity contribution in [2.75, 3.05) is 18.5 Å². The quantitative estimate of drug-likeness (QED) is 0.839. The third-order valence-electron chi connectivity index (χ3n) is 3.01. The van der Waals surface area contributed by atoms with Gasteiger partial charge in [0.2, 0.25) is 5.95 Å². The molecule has 0 saturated carbocycles. The van der Waals surface area contributed by atoms with Crippen LogP contribution >= 0.6 is 0 Å². The first-order valence-corrected chi connectivity index (χ1v) is 5.65. The molecule has 0 aliphatic carbocycles. The maximum atomic E-state index is 5.68. The average Bonchev–Trinajstić information content (AvgIpc) is 2.68. The van der Waals surface area contributed by atoms with Gasteiger partial charge < -0.3 is 10.1 Å². The van der Waals surface area contributed by atoms with Crippen LogP contribution in [-0.4, -0.2) is 33.9 Å². The van der Waals surface area contributed by atoms with Gasteiger partial charge in [-0.15, -0.1) is 5.10 Å². The molecule has 1 aliphatic heterocycles. The highest BCUT2D eigenvalue weighted by atomic mass is 16.5. The molecular weight excluding hydrogens is 204 g/mol. The summed E-state index contributed by atoms with van der Waals surface area (Å²) in [6, 6.07) is 0. The van der Waals surface area contributed by atoms with Gasteiger partial charge in [0.1, 0.15) is 0 Å². The molecule has 0 radical (unpaired) electrons. The molecule has 2 rings (SSSR count). The zero-order chi connectivity index (χ0) is 11.6. The topological polar surface area (TPSA) is 59.9 Å². The largest absolute Gasteiger partial charge is 0.373 e. The number of hydrogen-bond donors (Lipinski definition) is 1. The number of ether oxygens (including phenoxy) is 1. The van der Waals surface area contributed by atoms with Crippen LogP contribution < -0.4 is 5.32 Å². The van der Waals surface area contributed by atoms with Gasteiger partial charge in [0.05, 0.1) is 17.0 Å². The molecule has 88 valence electrons. The second-order valence-electron chi connectivity index (χ2n) is 4.56. The fourth-order valence-corrected chi connectivity index (χ4v) is 1.77. The minimum absolute atomic E-state index is 0.0812. The molecule has 2 heterocycles. The summed E-state index contributed by atoms with van der Waals surface area (Å²) in [5.41, 5.74) is 1.70. The Morgan fingerprint density at radius 1 is 1.31 bits per heavy atom. The van der Waals surface area contributed by atoms with Crippen LogP contribution in [0.15, 0.2) is 0 Å². The van der Waals surface area contributed by atoms with Crippen LogP contribution in [0.4, 0.5) is 5.95 Å². The van der Waals surface area contributed by atoms with Gasteiger partial charge >= 0.3 is 0 Å². The molecule has 0 aromatic carbocycles. The Balaban J connectivity index is 1.96. The van der Waals surface area contributed by atoms with Crippen LogP contribution in [-0.2, 0) is 4.74 Å². The molecule has 1 N–H and O–H groups in total. The lowest BCUT2D eigenvalue weighted by Gasteiger charge is -2.23. The molecule has 0 bridgehead atoms. The molecule has 0 amide bonds. The summed E-state index contributed by atoms with van der Waals surface area (Å²) in [6.07, 6.45) is 2.21. The molecule has 16 heavy (non-hydrogen) atoms. The summed E-state index contributed by atoms with van der Waals surface area (Å²) < 4.78 is 5.68. The van der Waals surface area contributed by atoms with Crippen LogP contribution in [0.1, 0.15) is 31.2 Å². The Morgan fingerprint density at radius 3 is 2.75 bits per heavy atom. The normalized spacial score (nSPS) is 24.7. The van der Waals surface area contributed by atoms with E-state index in [1.807, 2.05) is 13.8 Å². The standard InChI is InChI=1S/C11H18N4O/c1-8-9(2)14-15-10(13-8)12-7-11(3)5-4-6-16-11/h4-7H2,1-3H3,(H,12,13,15). The maximum Gasteiger partial charge on any atom is 0.243 e. The first-order chi connectivity index (χ1) is 7.59. The van der Waals surface area contributed by atoms with Crippen molar-refractivity contribution in [1.29, 1.82) is 0 Å². The van der Waals surface area contributed by atoms with E-state index in [1.165, 1.54) is 0 Å². The molecule has 1 unspecified atom stereocenters. The van der Waals surface area contributed by atoms with Gasteiger partial charge in [-0.2, -0.15) is 5.10 Å². The fourth-order valence-electron chi connectivity index (χ4n) is 1.77. The Kier molecular flexibility index (Phi) is 3.05. The van der Waals surface area contributed by atoms with Crippen LogP contribution in [0.25, 0.3) is 0 Å². The molecule has 1 aromatic heterocycles. The van der Waals surface area contributed by atoms with Gasteiger partial charge in [-0.05, 0) is 33.6 Å². The molecular formula is C11H18N4O. The summed E-state index contributed by atoms with van der Waals surface area (Å²) in [5.74, 6) is 0.583. The number of aromatic nitrogens is 3. The molecule has 0 spiro atoms. The first kappa shape index (κ1) is 11.3. The van der Waals surface area contributed by atoms with Crippen molar-refractivity contribution in [2.24, 2.45) is 0 Å². The van der Waals surface area contributed by atoms with Crippen molar-refractivity contribution in [3.05, 3.63) is 11.4 Å². The number of nitrogens with one attached hydrogen (secondary N) is 1. The highest BCUT2D eigenvalue weighted by Gasteiger charge is 2.29. The smallest absolute Gasteiger partial charge is 0.243 e. The molecule has 5 nitrogen and oxygen atoms in total. The summed E-state index contributed by atoms with van der Waals surface area (Å²) in [5, 5.41) is 11.2. The molecule has 1 fully saturated rings. The maximum absolute atomic E-state index is 5.68. The lowest BCUT2D eigenvalue weighted by Crippen LogP contribution is -2.33. The van der Waals surface area contributed by atoms with E-state index < -0.39 is 0 Å². The highest BCUT2D eigenvalue weighted by molar-refractivity contribution is 5.25. The number of aryl methyl sites for hydroxylation is 2. The van der Waals surface area contributed by atoms with E-state index in [0.29, 0.717) is 5.95 Å². The highest BCUT2D eigenvalue weighted by Crippen LogP contribution is 2.24. The van der Waals surface area contributed by atoms with Gasteiger partial charge in [0, 0.05) is 13.2 Å². The van der Waals surface area contributed by atoms with E-state index in [4.69, 9.17) is 4.74 Å². The lowest BCUT2D eigenvalue weighted by atomic mass is 10.0. The van der Waals surface area contributed by atoms with Crippen LogP contribution in [0, 0.1) is 13.8 Å². The first-order valence-electron chi connectivity index (χ1n) is 5.65. The van der Waals surface area contributed by atoms with Crippen molar-refractivity contribution in [3.63, 3.8) is 0 Å². The Labute approximate surface area is 95.6 Å². The molecule has 1 atom stereocenters. The van der Waals surface area contributed by atoms with Gasteiger partial charge in [-0.25, -0.2) is 4.98 Å². The summed E-state index contributed by atoms with van der Waals surface area (Å²) in [7, 11) is 0. The third-order valence-corrected chi connectivity index (χ3v) is 3.01. The predicted octanol–water partition coefficient (Wildman–Crippen LogP) is 1.47. The van der Waals surface area contributed by atoms with Gasteiger partial charge in [0.25, 0.3) is 0 Å². The van der Waals surface area contributed by atoms with Crippen molar-refractivity contribution >= 4 is 5.95 Å². The van der Waals surface area contributed by atoms with Crippen molar-refractivity contribution in [3.8, 4) is 0 Å². The summed E-state index contributed by atoms with van der Waals surface area (Å²) in [4.78, 5) is 4.32. The lowest BCUT2D eigenvalue weighted by molar-refractivity contribution is 0.0314. The van der Waals surface area contributed by atoms with E-state index in [1.54, 1.807) is 0 Å². The number of anilines is 1. The zero-order valence-electron chi connectivity index (χ0n) is 10.1. The molecule has 1 aliphatic rings. The third kappa shape index (κ3) is 2.47. The minimum atomic E-state index is -0.0812. The summed E-state index contributed by atoms with van der Waals surface area (Å²) >= 11 is 0. The second kappa shape index (κ2) is 4.33. The number of hydrogen-bond acceptors (Lipinski definition) is 5. The predicted molar refractivity (Wildman–Crippen MR) is 61.4 cm³/mol. The van der Waals surface area contributed by atoms with Gasteiger partial charge in [0.15, 0.2) is 0 Å². The minimum Gasteiger partial charge on any atom is -0.373 e. The Morgan fingerprint density at radius 2 is 2.12 bits per heavy atom. The molecule has 1 saturated heterocycles. The van der Waals surface area contributed by atoms with E-state index in [-0.39, 0.29) is 5.60 Å². The Bertz CT molecular complexity index is 374. The van der Waals surface area contributed by atoms with E-state index in [0.717, 1.165) is 37.4 Å². The molecule has 1 aromatic rings. The number of nitrogens with zero attached hydrogens (tertiary/aromatic N) is 3. The SMILES string of the molecule is Cc1nnc(NCC2(C)CCCO2)nc1C. The van der Waals surface area contributed by atoms with E-state index in [2.05, 4.69) is 27.4 Å². The summed E-state index contributed by atoms with van der Waals surface area (Å²) in [6.45, 7) is 7.53. The monoisotopic (exact) mass is 222 g/mol.